The lowest BCUT2D eigenvalue weighted by atomic mass is 10.1. The highest BCUT2D eigenvalue weighted by molar-refractivity contribution is 5.80. The van der Waals surface area contributed by atoms with E-state index in [0.29, 0.717) is 11.4 Å². The van der Waals surface area contributed by atoms with E-state index in [1.54, 1.807) is 20.8 Å². The van der Waals surface area contributed by atoms with Gasteiger partial charge in [0.1, 0.15) is 17.4 Å². The lowest BCUT2D eigenvalue weighted by molar-refractivity contribution is -0.386. The van der Waals surface area contributed by atoms with Crippen LogP contribution in [0.1, 0.15) is 43.3 Å². The summed E-state index contributed by atoms with van der Waals surface area (Å²) in [7, 11) is 0. The van der Waals surface area contributed by atoms with E-state index < -0.39 is 11.0 Å². The number of nitro groups is 1. The quantitative estimate of drug-likeness (QED) is 0.617. The van der Waals surface area contributed by atoms with Gasteiger partial charge in [0.25, 0.3) is 0 Å². The fourth-order valence-corrected chi connectivity index (χ4v) is 2.87. The number of nitrogens with one attached hydrogen (secondary N) is 1. The number of nitrogens with zero attached hydrogens (tertiary/aromatic N) is 3. The third kappa shape index (κ3) is 4.43. The van der Waals surface area contributed by atoms with Crippen molar-refractivity contribution in [3.05, 3.63) is 57.4 Å². The number of benzene rings is 1. The van der Waals surface area contributed by atoms with Gasteiger partial charge in [-0.15, -0.1) is 0 Å². The fraction of sp³-hybridized carbons (Fsp3) is 0.444. The molecule has 25 heavy (non-hydrogen) atoms. The molecule has 1 heterocycles. The smallest absolute Gasteiger partial charge is 0.312 e. The molecule has 1 N–H and O–H groups in total. The van der Waals surface area contributed by atoms with Gasteiger partial charge < -0.3 is 5.32 Å². The van der Waals surface area contributed by atoms with E-state index >= 15 is 0 Å². The van der Waals surface area contributed by atoms with Gasteiger partial charge in [-0.3, -0.25) is 19.6 Å². The second-order valence-corrected chi connectivity index (χ2v) is 6.33. The van der Waals surface area contributed by atoms with Crippen LogP contribution in [0.4, 0.5) is 5.69 Å². The maximum Gasteiger partial charge on any atom is 0.312 e. The predicted molar refractivity (Wildman–Crippen MR) is 95.4 cm³/mol. The van der Waals surface area contributed by atoms with Gasteiger partial charge in [0.05, 0.1) is 4.92 Å². The molecule has 2 unspecified atom stereocenters. The van der Waals surface area contributed by atoms with Gasteiger partial charge in [-0.2, -0.15) is 5.10 Å². The minimum atomic E-state index is -0.605. The zero-order valence-electron chi connectivity index (χ0n) is 15.0. The van der Waals surface area contributed by atoms with Crippen LogP contribution in [-0.4, -0.2) is 26.7 Å². The summed E-state index contributed by atoms with van der Waals surface area (Å²) in [6.45, 7) is 6.84. The molecule has 0 spiro atoms. The standard InChI is InChI=1S/C18H24N4O3/c1-12(10-11-16-8-6-5-7-9-16)19-18(23)15(4)21-14(3)17(22(24)25)13(2)20-21/h5-9,12,15H,10-11H2,1-4H3,(H,19,23). The van der Waals surface area contributed by atoms with E-state index in [1.807, 2.05) is 25.1 Å². The Morgan fingerprint density at radius 2 is 1.92 bits per heavy atom. The third-order valence-corrected chi connectivity index (χ3v) is 4.31. The van der Waals surface area contributed by atoms with Gasteiger partial charge in [-0.25, -0.2) is 0 Å². The summed E-state index contributed by atoms with van der Waals surface area (Å²) in [5.74, 6) is -0.193. The van der Waals surface area contributed by atoms with Gasteiger partial charge in [0.15, 0.2) is 0 Å². The van der Waals surface area contributed by atoms with Gasteiger partial charge in [-0.05, 0) is 46.1 Å². The van der Waals surface area contributed by atoms with Crippen LogP contribution in [0.5, 0.6) is 0 Å². The van der Waals surface area contributed by atoms with Gasteiger partial charge in [-0.1, -0.05) is 30.3 Å². The minimum absolute atomic E-state index is 0.00195. The van der Waals surface area contributed by atoms with Crippen LogP contribution < -0.4 is 5.32 Å². The first-order valence-electron chi connectivity index (χ1n) is 8.35. The number of rotatable bonds is 7. The molecule has 0 bridgehead atoms. The highest BCUT2D eigenvalue weighted by Gasteiger charge is 2.27. The molecule has 2 rings (SSSR count). The second kappa shape index (κ2) is 7.92. The van der Waals surface area contributed by atoms with E-state index in [0.717, 1.165) is 12.8 Å². The van der Waals surface area contributed by atoms with Crippen molar-refractivity contribution in [2.45, 2.75) is 52.6 Å². The van der Waals surface area contributed by atoms with Crippen LogP contribution in [0.3, 0.4) is 0 Å². The largest absolute Gasteiger partial charge is 0.352 e. The van der Waals surface area contributed by atoms with Crippen LogP contribution in [0, 0.1) is 24.0 Å². The number of aryl methyl sites for hydroxylation is 2. The molecular formula is C18H24N4O3. The molecule has 7 nitrogen and oxygen atoms in total. The number of carbonyl (C=O) groups is 1. The molecule has 0 radical (unpaired) electrons. The molecule has 0 aliphatic carbocycles. The van der Waals surface area contributed by atoms with Crippen molar-refractivity contribution in [1.82, 2.24) is 15.1 Å². The van der Waals surface area contributed by atoms with E-state index in [-0.39, 0.29) is 17.6 Å². The molecule has 0 saturated heterocycles. The summed E-state index contributed by atoms with van der Waals surface area (Å²) in [6.07, 6.45) is 1.70. The fourth-order valence-electron chi connectivity index (χ4n) is 2.87. The Labute approximate surface area is 147 Å². The van der Waals surface area contributed by atoms with Crippen LogP contribution in [0.15, 0.2) is 30.3 Å². The molecule has 0 fully saturated rings. The molecule has 134 valence electrons. The molecular weight excluding hydrogens is 320 g/mol. The lowest BCUT2D eigenvalue weighted by Gasteiger charge is -2.18. The Morgan fingerprint density at radius 1 is 1.28 bits per heavy atom. The SMILES string of the molecule is Cc1nn(C(C)C(=O)NC(C)CCc2ccccc2)c(C)c1[N+](=O)[O-]. The summed E-state index contributed by atoms with van der Waals surface area (Å²) in [5, 5.41) is 18.2. The summed E-state index contributed by atoms with van der Waals surface area (Å²) < 4.78 is 1.42. The van der Waals surface area contributed by atoms with Gasteiger partial charge in [0, 0.05) is 6.04 Å². The first-order chi connectivity index (χ1) is 11.8. The minimum Gasteiger partial charge on any atom is -0.352 e. The molecule has 0 aliphatic heterocycles. The first kappa shape index (κ1) is 18.6. The van der Waals surface area contributed by atoms with Crippen LogP contribution in [-0.2, 0) is 11.2 Å². The molecule has 2 atom stereocenters. The van der Waals surface area contributed by atoms with Crippen molar-refractivity contribution in [1.29, 1.82) is 0 Å². The van der Waals surface area contributed by atoms with Crippen molar-refractivity contribution in [3.63, 3.8) is 0 Å². The Morgan fingerprint density at radius 3 is 2.48 bits per heavy atom. The average Bonchev–Trinajstić information content (AvgIpc) is 2.87. The maximum atomic E-state index is 12.5. The Kier molecular flexibility index (Phi) is 5.90. The van der Waals surface area contributed by atoms with Gasteiger partial charge >= 0.3 is 5.69 Å². The Bertz CT molecular complexity index is 755. The topological polar surface area (TPSA) is 90.1 Å². The summed E-state index contributed by atoms with van der Waals surface area (Å²) >= 11 is 0. The van der Waals surface area contributed by atoms with Crippen molar-refractivity contribution >= 4 is 11.6 Å². The molecule has 0 saturated carbocycles. The summed E-state index contributed by atoms with van der Waals surface area (Å²) in [5.41, 5.74) is 1.91. The molecule has 1 aromatic heterocycles. The number of carbonyl (C=O) groups excluding carboxylic acids is 1. The highest BCUT2D eigenvalue weighted by Crippen LogP contribution is 2.24. The Hall–Kier alpha value is -2.70. The van der Waals surface area contributed by atoms with Crippen LogP contribution in [0.25, 0.3) is 0 Å². The number of amides is 1. The first-order valence-corrected chi connectivity index (χ1v) is 8.35. The van der Waals surface area contributed by atoms with E-state index in [2.05, 4.69) is 22.5 Å². The summed E-state index contributed by atoms with van der Waals surface area (Å²) in [6, 6.07) is 9.49. The monoisotopic (exact) mass is 344 g/mol. The zero-order valence-corrected chi connectivity index (χ0v) is 15.0. The normalized spacial score (nSPS) is 13.3. The van der Waals surface area contributed by atoms with Crippen molar-refractivity contribution in [2.24, 2.45) is 0 Å². The van der Waals surface area contributed by atoms with Crippen LogP contribution >= 0.6 is 0 Å². The number of hydrogen-bond acceptors (Lipinski definition) is 4. The van der Waals surface area contributed by atoms with Crippen molar-refractivity contribution in [3.8, 4) is 0 Å². The Balaban J connectivity index is 1.98. The third-order valence-electron chi connectivity index (χ3n) is 4.31. The van der Waals surface area contributed by atoms with Gasteiger partial charge in [0.2, 0.25) is 5.91 Å². The zero-order chi connectivity index (χ0) is 18.6. The van der Waals surface area contributed by atoms with E-state index in [9.17, 15) is 14.9 Å². The second-order valence-electron chi connectivity index (χ2n) is 6.33. The van der Waals surface area contributed by atoms with Crippen molar-refractivity contribution < 1.29 is 9.72 Å². The summed E-state index contributed by atoms with van der Waals surface area (Å²) in [4.78, 5) is 23.1. The molecule has 0 aliphatic rings. The van der Waals surface area contributed by atoms with Crippen molar-refractivity contribution in [2.75, 3.05) is 0 Å². The maximum absolute atomic E-state index is 12.5. The highest BCUT2D eigenvalue weighted by atomic mass is 16.6. The average molecular weight is 344 g/mol. The lowest BCUT2D eigenvalue weighted by Crippen LogP contribution is -2.38. The number of hydrogen-bond donors (Lipinski definition) is 1. The molecule has 1 aromatic carbocycles. The number of aromatic nitrogens is 2. The predicted octanol–water partition coefficient (Wildman–Crippen LogP) is 3.11. The molecule has 1 amide bonds. The molecule has 2 aromatic rings. The van der Waals surface area contributed by atoms with E-state index in [4.69, 9.17) is 0 Å². The van der Waals surface area contributed by atoms with E-state index in [1.165, 1.54) is 10.2 Å². The van der Waals surface area contributed by atoms with Crippen LogP contribution in [0.2, 0.25) is 0 Å². The molecule has 7 heteroatoms.